The van der Waals surface area contributed by atoms with Crippen LogP contribution < -0.4 is 0 Å². The molecule has 0 N–H and O–H groups in total. The monoisotopic (exact) mass is 301 g/mol. The molecule has 2 aromatic heterocycles. The minimum absolute atomic E-state index is 0.133. The van der Waals surface area contributed by atoms with Crippen LogP contribution in [0.2, 0.25) is 0 Å². The Labute approximate surface area is 130 Å². The second-order valence-electron chi connectivity index (χ2n) is 6.17. The van der Waals surface area contributed by atoms with Gasteiger partial charge >= 0.3 is 0 Å². The molecule has 6 heteroatoms. The second kappa shape index (κ2) is 5.59. The molecule has 0 aromatic carbocycles. The minimum Gasteiger partial charge on any atom is -0.334 e. The van der Waals surface area contributed by atoms with Crippen molar-refractivity contribution in [1.29, 1.82) is 0 Å². The lowest BCUT2D eigenvalue weighted by atomic mass is 10.0. The summed E-state index contributed by atoms with van der Waals surface area (Å²) in [6.45, 7) is 7.21. The van der Waals surface area contributed by atoms with Crippen LogP contribution in [0.4, 0.5) is 0 Å². The average molecular weight is 301 g/mol. The first-order valence-corrected chi connectivity index (χ1v) is 7.76. The molecule has 1 atom stereocenters. The Kier molecular flexibility index (Phi) is 3.76. The van der Waals surface area contributed by atoms with E-state index < -0.39 is 0 Å². The number of nitrogens with zero attached hydrogens (tertiary/aromatic N) is 5. The summed E-state index contributed by atoms with van der Waals surface area (Å²) in [6.07, 6.45) is 5.74. The molecule has 2 aromatic rings. The number of hydrogen-bond acceptors (Lipinski definition) is 3. The van der Waals surface area contributed by atoms with Gasteiger partial charge in [-0.25, -0.2) is 0 Å². The van der Waals surface area contributed by atoms with Gasteiger partial charge in [0.05, 0.1) is 17.9 Å². The third kappa shape index (κ3) is 2.53. The Bertz CT molecular complexity index is 699. The topological polar surface area (TPSA) is 56.0 Å². The standard InChI is InChI=1S/C16H23N5O/c1-11-8-17-20(9-11)10-15(22)21-7-5-6-14(21)16-12(2)18-19(4)13(16)3/h8-9,14H,5-7,10H2,1-4H3/t14-/m0/s1. The minimum atomic E-state index is 0.133. The van der Waals surface area contributed by atoms with Crippen molar-refractivity contribution in [3.05, 3.63) is 34.9 Å². The number of likely N-dealkylation sites (tertiary alicyclic amines) is 1. The number of carbonyl (C=O) groups is 1. The number of hydrogen-bond donors (Lipinski definition) is 0. The molecule has 1 fully saturated rings. The molecule has 0 spiro atoms. The highest BCUT2D eigenvalue weighted by molar-refractivity contribution is 5.77. The Morgan fingerprint density at radius 3 is 2.73 bits per heavy atom. The molecular formula is C16H23N5O. The highest BCUT2D eigenvalue weighted by Crippen LogP contribution is 2.35. The fourth-order valence-electron chi connectivity index (χ4n) is 3.42. The summed E-state index contributed by atoms with van der Waals surface area (Å²) in [7, 11) is 1.96. The van der Waals surface area contributed by atoms with Crippen molar-refractivity contribution >= 4 is 5.91 Å². The van der Waals surface area contributed by atoms with Crippen LogP contribution in [0.5, 0.6) is 0 Å². The maximum absolute atomic E-state index is 12.7. The molecule has 6 nitrogen and oxygen atoms in total. The zero-order chi connectivity index (χ0) is 15.9. The number of aryl methyl sites for hydroxylation is 3. The van der Waals surface area contributed by atoms with Crippen LogP contribution in [-0.2, 0) is 18.4 Å². The van der Waals surface area contributed by atoms with Gasteiger partial charge < -0.3 is 4.90 Å². The van der Waals surface area contributed by atoms with Gasteiger partial charge in [-0.3, -0.25) is 14.2 Å². The summed E-state index contributed by atoms with van der Waals surface area (Å²) in [5.74, 6) is 0.133. The lowest BCUT2D eigenvalue weighted by Gasteiger charge is -2.25. The van der Waals surface area contributed by atoms with E-state index >= 15 is 0 Å². The lowest BCUT2D eigenvalue weighted by Crippen LogP contribution is -2.34. The molecule has 0 bridgehead atoms. The molecule has 1 aliphatic heterocycles. The van der Waals surface area contributed by atoms with Gasteiger partial charge in [-0.1, -0.05) is 0 Å². The van der Waals surface area contributed by atoms with Gasteiger partial charge in [-0.05, 0) is 39.2 Å². The molecular weight excluding hydrogens is 278 g/mol. The van der Waals surface area contributed by atoms with E-state index in [0.29, 0.717) is 6.54 Å². The number of rotatable bonds is 3. The highest BCUT2D eigenvalue weighted by atomic mass is 16.2. The fraction of sp³-hybridized carbons (Fsp3) is 0.562. The smallest absolute Gasteiger partial charge is 0.244 e. The first-order valence-electron chi connectivity index (χ1n) is 7.76. The van der Waals surface area contributed by atoms with Crippen molar-refractivity contribution in [3.63, 3.8) is 0 Å². The van der Waals surface area contributed by atoms with Crippen LogP contribution in [0.25, 0.3) is 0 Å². The van der Waals surface area contributed by atoms with E-state index in [1.807, 2.05) is 36.7 Å². The van der Waals surface area contributed by atoms with Gasteiger partial charge in [0.15, 0.2) is 0 Å². The van der Waals surface area contributed by atoms with Crippen molar-refractivity contribution in [2.24, 2.45) is 7.05 Å². The zero-order valence-electron chi connectivity index (χ0n) is 13.7. The molecule has 1 aliphatic rings. The average Bonchev–Trinajstić information content (AvgIpc) is 3.12. The Morgan fingerprint density at radius 1 is 1.36 bits per heavy atom. The number of carbonyl (C=O) groups excluding carboxylic acids is 1. The first-order chi connectivity index (χ1) is 10.5. The van der Waals surface area contributed by atoms with E-state index in [1.54, 1.807) is 10.9 Å². The second-order valence-corrected chi connectivity index (χ2v) is 6.17. The maximum atomic E-state index is 12.7. The summed E-state index contributed by atoms with van der Waals surface area (Å²) < 4.78 is 3.62. The van der Waals surface area contributed by atoms with Crippen molar-refractivity contribution in [2.45, 2.75) is 46.2 Å². The van der Waals surface area contributed by atoms with Crippen molar-refractivity contribution in [3.8, 4) is 0 Å². The van der Waals surface area contributed by atoms with Crippen LogP contribution in [0.15, 0.2) is 12.4 Å². The van der Waals surface area contributed by atoms with Gasteiger partial charge in [0.1, 0.15) is 6.54 Å². The number of amides is 1. The zero-order valence-corrected chi connectivity index (χ0v) is 13.7. The molecule has 3 rings (SSSR count). The van der Waals surface area contributed by atoms with Gasteiger partial charge in [-0.15, -0.1) is 0 Å². The molecule has 0 radical (unpaired) electrons. The van der Waals surface area contributed by atoms with E-state index in [9.17, 15) is 4.79 Å². The third-order valence-corrected chi connectivity index (χ3v) is 4.53. The van der Waals surface area contributed by atoms with Gasteiger partial charge in [-0.2, -0.15) is 10.2 Å². The first kappa shape index (κ1) is 14.8. The van der Waals surface area contributed by atoms with Gasteiger partial charge in [0.2, 0.25) is 5.91 Å². The van der Waals surface area contributed by atoms with Gasteiger partial charge in [0.25, 0.3) is 0 Å². The van der Waals surface area contributed by atoms with Crippen LogP contribution in [0.3, 0.4) is 0 Å². The summed E-state index contributed by atoms with van der Waals surface area (Å²) >= 11 is 0. The van der Waals surface area contributed by atoms with Crippen molar-refractivity contribution in [1.82, 2.24) is 24.5 Å². The van der Waals surface area contributed by atoms with E-state index in [2.05, 4.69) is 17.1 Å². The highest BCUT2D eigenvalue weighted by Gasteiger charge is 2.33. The largest absolute Gasteiger partial charge is 0.334 e. The molecule has 22 heavy (non-hydrogen) atoms. The van der Waals surface area contributed by atoms with Crippen LogP contribution in [-0.4, -0.2) is 36.9 Å². The van der Waals surface area contributed by atoms with Gasteiger partial charge in [0, 0.05) is 31.0 Å². The molecule has 3 heterocycles. The van der Waals surface area contributed by atoms with E-state index in [-0.39, 0.29) is 11.9 Å². The maximum Gasteiger partial charge on any atom is 0.244 e. The molecule has 1 amide bonds. The Hall–Kier alpha value is -2.11. The predicted molar refractivity (Wildman–Crippen MR) is 83.3 cm³/mol. The predicted octanol–water partition coefficient (Wildman–Crippen LogP) is 1.91. The summed E-state index contributed by atoms with van der Waals surface area (Å²) in [5, 5.41) is 8.71. The van der Waals surface area contributed by atoms with E-state index in [1.165, 1.54) is 5.56 Å². The SMILES string of the molecule is Cc1cnn(CC(=O)N2CCC[C@H]2c2c(C)nn(C)c2C)c1. The van der Waals surface area contributed by atoms with Crippen molar-refractivity contribution < 1.29 is 4.79 Å². The fourth-order valence-corrected chi connectivity index (χ4v) is 3.42. The molecule has 1 saturated heterocycles. The van der Waals surface area contributed by atoms with E-state index in [0.717, 1.165) is 36.3 Å². The molecule has 0 aliphatic carbocycles. The van der Waals surface area contributed by atoms with E-state index in [4.69, 9.17) is 0 Å². The van der Waals surface area contributed by atoms with Crippen LogP contribution >= 0.6 is 0 Å². The summed E-state index contributed by atoms with van der Waals surface area (Å²) in [4.78, 5) is 14.7. The van der Waals surface area contributed by atoms with Crippen LogP contribution in [0.1, 0.15) is 41.4 Å². The third-order valence-electron chi connectivity index (χ3n) is 4.53. The summed E-state index contributed by atoms with van der Waals surface area (Å²) in [5.41, 5.74) is 4.46. The quantitative estimate of drug-likeness (QED) is 0.870. The Morgan fingerprint density at radius 2 is 2.14 bits per heavy atom. The van der Waals surface area contributed by atoms with Crippen molar-refractivity contribution in [2.75, 3.05) is 6.54 Å². The number of aromatic nitrogens is 4. The Balaban J connectivity index is 1.82. The summed E-state index contributed by atoms with van der Waals surface area (Å²) in [6, 6.07) is 0.151. The lowest BCUT2D eigenvalue weighted by molar-refractivity contribution is -0.133. The van der Waals surface area contributed by atoms with Crippen LogP contribution in [0, 0.1) is 20.8 Å². The molecule has 0 unspecified atom stereocenters. The molecule has 0 saturated carbocycles. The molecule has 118 valence electrons. The normalized spacial score (nSPS) is 18.2.